The molecule has 1 unspecified atom stereocenters. The molecule has 4 rings (SSSR count). The second-order valence-electron chi connectivity index (χ2n) is 7.86. The molecule has 0 saturated carbocycles. The smallest absolute Gasteiger partial charge is 0.416 e. The third-order valence-electron chi connectivity index (χ3n) is 5.29. The van der Waals surface area contributed by atoms with Gasteiger partial charge in [-0.2, -0.15) is 13.2 Å². The molecule has 0 bridgehead atoms. The third-order valence-corrected chi connectivity index (χ3v) is 5.29. The molecule has 1 aliphatic heterocycles. The van der Waals surface area contributed by atoms with Gasteiger partial charge in [-0.1, -0.05) is 18.2 Å². The van der Waals surface area contributed by atoms with Crippen molar-refractivity contribution in [2.75, 3.05) is 7.05 Å². The minimum absolute atomic E-state index is 0.0433. The van der Waals surface area contributed by atoms with E-state index < -0.39 is 11.7 Å². The van der Waals surface area contributed by atoms with Gasteiger partial charge in [-0.15, -0.1) is 0 Å². The molecule has 1 aliphatic rings. The van der Waals surface area contributed by atoms with Crippen molar-refractivity contribution in [2.24, 2.45) is 4.99 Å². The molecule has 33 heavy (non-hydrogen) atoms. The Balaban J connectivity index is 1.30. The molecule has 0 spiro atoms. The van der Waals surface area contributed by atoms with Crippen LogP contribution >= 0.6 is 0 Å². The van der Waals surface area contributed by atoms with Crippen molar-refractivity contribution in [3.05, 3.63) is 95.7 Å². The average Bonchev–Trinajstić information content (AvgIpc) is 2.80. The van der Waals surface area contributed by atoms with Gasteiger partial charge >= 0.3 is 6.18 Å². The second kappa shape index (κ2) is 9.85. The minimum atomic E-state index is -4.40. The zero-order valence-corrected chi connectivity index (χ0v) is 18.0. The maximum atomic E-state index is 12.9. The van der Waals surface area contributed by atoms with E-state index in [4.69, 9.17) is 4.74 Å². The zero-order valence-electron chi connectivity index (χ0n) is 18.0. The van der Waals surface area contributed by atoms with Gasteiger partial charge < -0.3 is 9.64 Å². The minimum Gasteiger partial charge on any atom is -0.457 e. The Bertz CT molecular complexity index is 1130. The third kappa shape index (κ3) is 6.19. The first-order valence-corrected chi connectivity index (χ1v) is 10.5. The van der Waals surface area contributed by atoms with Gasteiger partial charge in [0.15, 0.2) is 0 Å². The Morgan fingerprint density at radius 2 is 1.73 bits per heavy atom. The SMILES string of the molecule is CN1C=C(Cc2cncnc2)C=NC1CCc1ccc(Oc2cccc(C(F)(F)F)c2)cc1. The number of nitrogens with zero attached hydrogens (tertiary/aromatic N) is 4. The first kappa shape index (κ1) is 22.5. The highest BCUT2D eigenvalue weighted by Gasteiger charge is 2.30. The summed E-state index contributed by atoms with van der Waals surface area (Å²) in [4.78, 5) is 14.9. The lowest BCUT2D eigenvalue weighted by molar-refractivity contribution is -0.137. The van der Waals surface area contributed by atoms with Crippen LogP contribution in [0.3, 0.4) is 0 Å². The van der Waals surface area contributed by atoms with E-state index in [1.165, 1.54) is 18.5 Å². The lowest BCUT2D eigenvalue weighted by Crippen LogP contribution is -2.29. The van der Waals surface area contributed by atoms with E-state index in [-0.39, 0.29) is 11.9 Å². The van der Waals surface area contributed by atoms with Crippen LogP contribution in [0, 0.1) is 0 Å². The molecule has 1 atom stereocenters. The summed E-state index contributed by atoms with van der Waals surface area (Å²) in [5, 5.41) is 0. The van der Waals surface area contributed by atoms with E-state index in [0.29, 0.717) is 5.75 Å². The zero-order chi connectivity index (χ0) is 23.3. The normalized spacial score (nSPS) is 15.9. The molecule has 5 nitrogen and oxygen atoms in total. The lowest BCUT2D eigenvalue weighted by atomic mass is 10.1. The van der Waals surface area contributed by atoms with Crippen molar-refractivity contribution in [3.63, 3.8) is 0 Å². The highest BCUT2D eigenvalue weighted by molar-refractivity contribution is 5.80. The molecule has 0 saturated heterocycles. The number of aliphatic imine (C=N–C) groups is 1. The topological polar surface area (TPSA) is 50.6 Å². The Labute approximate surface area is 190 Å². The molecule has 0 fully saturated rings. The molecule has 0 N–H and O–H groups in total. The monoisotopic (exact) mass is 452 g/mol. The number of halogens is 3. The van der Waals surface area contributed by atoms with Gasteiger partial charge in [-0.05, 0) is 59.9 Å². The molecule has 0 aliphatic carbocycles. The average molecular weight is 452 g/mol. The van der Waals surface area contributed by atoms with Crippen molar-refractivity contribution in [1.29, 1.82) is 0 Å². The molecule has 1 aromatic heterocycles. The largest absolute Gasteiger partial charge is 0.457 e. The van der Waals surface area contributed by atoms with Crippen LogP contribution in [0.15, 0.2) is 84.0 Å². The van der Waals surface area contributed by atoms with Crippen LogP contribution in [0.1, 0.15) is 23.1 Å². The summed E-state index contributed by atoms with van der Waals surface area (Å²) < 4.78 is 44.2. The summed E-state index contributed by atoms with van der Waals surface area (Å²) in [6.45, 7) is 0. The number of ether oxygens (including phenoxy) is 1. The highest BCUT2D eigenvalue weighted by atomic mass is 19.4. The quantitative estimate of drug-likeness (QED) is 0.462. The number of alkyl halides is 3. The van der Waals surface area contributed by atoms with Gasteiger partial charge in [0.2, 0.25) is 0 Å². The van der Waals surface area contributed by atoms with Crippen LogP contribution in [0.25, 0.3) is 0 Å². The van der Waals surface area contributed by atoms with Gasteiger partial charge in [0.25, 0.3) is 0 Å². The fourth-order valence-electron chi connectivity index (χ4n) is 3.59. The fraction of sp³-hybridized carbons (Fsp3) is 0.240. The van der Waals surface area contributed by atoms with Crippen LogP contribution in [-0.4, -0.2) is 34.3 Å². The number of hydrogen-bond acceptors (Lipinski definition) is 5. The maximum Gasteiger partial charge on any atom is 0.416 e. The molecule has 8 heteroatoms. The van der Waals surface area contributed by atoms with Gasteiger partial charge in [-0.25, -0.2) is 9.97 Å². The Morgan fingerprint density at radius 3 is 2.42 bits per heavy atom. The number of hydrogen-bond donors (Lipinski definition) is 0. The summed E-state index contributed by atoms with van der Waals surface area (Å²) in [5.41, 5.74) is 2.50. The molecule has 3 aromatic rings. The van der Waals surface area contributed by atoms with E-state index >= 15 is 0 Å². The van der Waals surface area contributed by atoms with Crippen LogP contribution in [0.5, 0.6) is 11.5 Å². The van der Waals surface area contributed by atoms with Crippen LogP contribution in [0.4, 0.5) is 13.2 Å². The van der Waals surface area contributed by atoms with E-state index in [1.54, 1.807) is 24.5 Å². The highest BCUT2D eigenvalue weighted by Crippen LogP contribution is 2.32. The van der Waals surface area contributed by atoms with E-state index in [0.717, 1.165) is 48.1 Å². The van der Waals surface area contributed by atoms with Crippen LogP contribution in [-0.2, 0) is 19.0 Å². The second-order valence-corrected chi connectivity index (χ2v) is 7.86. The number of aryl methyl sites for hydroxylation is 1. The molecular formula is C25H23F3N4O. The summed E-state index contributed by atoms with van der Waals surface area (Å²) in [7, 11) is 2.01. The molecule has 170 valence electrons. The summed E-state index contributed by atoms with van der Waals surface area (Å²) in [6, 6.07) is 12.2. The standard InChI is InChI=1S/C25H23F3N4O/c1-32-16-20(11-19-13-29-17-30-14-19)15-31-24(32)10-7-18-5-8-22(9-6-18)33-23-4-2-3-21(12-23)25(26,27)28/h2-6,8-9,12-17,24H,7,10-11H2,1H3. The maximum absolute atomic E-state index is 12.9. The summed E-state index contributed by atoms with van der Waals surface area (Å²) >= 11 is 0. The molecular weight excluding hydrogens is 429 g/mol. The van der Waals surface area contributed by atoms with Crippen molar-refractivity contribution >= 4 is 6.21 Å². The van der Waals surface area contributed by atoms with Crippen molar-refractivity contribution in [1.82, 2.24) is 14.9 Å². The number of allylic oxidation sites excluding steroid dienone is 1. The van der Waals surface area contributed by atoms with Crippen molar-refractivity contribution in [3.8, 4) is 11.5 Å². The van der Waals surface area contributed by atoms with Gasteiger partial charge in [0.1, 0.15) is 24.0 Å². The van der Waals surface area contributed by atoms with Gasteiger partial charge in [-0.3, -0.25) is 4.99 Å². The lowest BCUT2D eigenvalue weighted by Gasteiger charge is -2.27. The molecule has 0 radical (unpaired) electrons. The Kier molecular flexibility index (Phi) is 6.72. The Morgan fingerprint density at radius 1 is 0.970 bits per heavy atom. The van der Waals surface area contributed by atoms with Crippen LogP contribution < -0.4 is 4.74 Å². The molecule has 2 heterocycles. The van der Waals surface area contributed by atoms with Gasteiger partial charge in [0.05, 0.1) is 5.56 Å². The fourth-order valence-corrected chi connectivity index (χ4v) is 3.59. The predicted molar refractivity (Wildman–Crippen MR) is 120 cm³/mol. The van der Waals surface area contributed by atoms with E-state index in [2.05, 4.69) is 26.1 Å². The van der Waals surface area contributed by atoms with Crippen LogP contribution in [0.2, 0.25) is 0 Å². The van der Waals surface area contributed by atoms with E-state index in [9.17, 15) is 13.2 Å². The molecule has 0 amide bonds. The predicted octanol–water partition coefficient (Wildman–Crippen LogP) is 5.69. The molecule has 2 aromatic carbocycles. The Hall–Kier alpha value is -3.68. The first-order chi connectivity index (χ1) is 15.9. The van der Waals surface area contributed by atoms with Crippen molar-refractivity contribution < 1.29 is 17.9 Å². The van der Waals surface area contributed by atoms with Crippen molar-refractivity contribution in [2.45, 2.75) is 31.6 Å². The first-order valence-electron chi connectivity index (χ1n) is 10.5. The number of rotatable bonds is 7. The van der Waals surface area contributed by atoms with E-state index in [1.807, 2.05) is 25.4 Å². The summed E-state index contributed by atoms with van der Waals surface area (Å²) in [6.07, 6.45) is 7.13. The number of aromatic nitrogens is 2. The summed E-state index contributed by atoms with van der Waals surface area (Å²) in [5.74, 6) is 0.642. The number of benzene rings is 2. The van der Waals surface area contributed by atoms with Gasteiger partial charge in [0, 0.05) is 38.3 Å².